The summed E-state index contributed by atoms with van der Waals surface area (Å²) in [6, 6.07) is 13.3. The fraction of sp³-hybridized carbons (Fsp3) is 0.292. The third kappa shape index (κ3) is 4.35. The second-order valence-electron chi connectivity index (χ2n) is 7.96. The van der Waals surface area contributed by atoms with E-state index in [2.05, 4.69) is 5.32 Å². The molecule has 160 valence electrons. The van der Waals surface area contributed by atoms with Crippen LogP contribution >= 0.6 is 0 Å². The van der Waals surface area contributed by atoms with Crippen molar-refractivity contribution >= 4 is 22.7 Å². The van der Waals surface area contributed by atoms with Gasteiger partial charge >= 0.3 is 0 Å². The molecule has 0 aliphatic heterocycles. The van der Waals surface area contributed by atoms with Gasteiger partial charge in [0, 0.05) is 23.7 Å². The number of benzene rings is 2. The number of carbonyl (C=O) groups excluding carboxylic acids is 2. The lowest BCUT2D eigenvalue weighted by Gasteiger charge is -2.26. The lowest BCUT2D eigenvalue weighted by molar-refractivity contribution is 0.0882. The molecule has 4 rings (SSSR count). The van der Waals surface area contributed by atoms with Crippen molar-refractivity contribution in [1.82, 2.24) is 9.88 Å². The van der Waals surface area contributed by atoms with Crippen molar-refractivity contribution in [2.45, 2.75) is 44.4 Å². The van der Waals surface area contributed by atoms with Gasteiger partial charge in [-0.25, -0.2) is 4.39 Å². The number of pyridine rings is 1. The first-order chi connectivity index (χ1) is 14.9. The average molecular weight is 421 g/mol. The minimum atomic E-state index is -1.09. The van der Waals surface area contributed by atoms with E-state index in [4.69, 9.17) is 5.73 Å². The van der Waals surface area contributed by atoms with Gasteiger partial charge in [-0.15, -0.1) is 0 Å². The predicted molar refractivity (Wildman–Crippen MR) is 117 cm³/mol. The number of nitrogens with two attached hydrogens (primary N) is 1. The van der Waals surface area contributed by atoms with Crippen LogP contribution in [-0.2, 0) is 6.54 Å². The normalized spacial score (nSPS) is 18.6. The Labute approximate surface area is 178 Å². The molecule has 3 N–H and O–H groups in total. The number of para-hydroxylation sites is 1. The highest BCUT2D eigenvalue weighted by Crippen LogP contribution is 2.22. The van der Waals surface area contributed by atoms with Crippen LogP contribution in [0.2, 0.25) is 0 Å². The zero-order valence-electron chi connectivity index (χ0n) is 17.0. The molecular weight excluding hydrogens is 397 g/mol. The number of hydrogen-bond donors (Lipinski definition) is 2. The fourth-order valence-corrected chi connectivity index (χ4v) is 4.10. The average Bonchev–Trinajstić information content (AvgIpc) is 2.77. The molecule has 2 atom stereocenters. The van der Waals surface area contributed by atoms with Crippen molar-refractivity contribution in [3.63, 3.8) is 0 Å². The van der Waals surface area contributed by atoms with E-state index in [-0.39, 0.29) is 11.0 Å². The van der Waals surface area contributed by atoms with Gasteiger partial charge in [-0.1, -0.05) is 37.1 Å². The summed E-state index contributed by atoms with van der Waals surface area (Å²) in [5, 5.41) is 3.14. The largest absolute Gasteiger partial charge is 0.366 e. The Morgan fingerprint density at radius 1 is 1.06 bits per heavy atom. The van der Waals surface area contributed by atoms with Crippen molar-refractivity contribution in [2.75, 3.05) is 0 Å². The number of amides is 2. The first kappa shape index (κ1) is 20.8. The lowest BCUT2D eigenvalue weighted by atomic mass is 9.93. The van der Waals surface area contributed by atoms with Crippen molar-refractivity contribution in [2.24, 2.45) is 5.73 Å². The lowest BCUT2D eigenvalue weighted by Crippen LogP contribution is -2.44. The summed E-state index contributed by atoms with van der Waals surface area (Å²) in [6.45, 7) is 0.384. The molecule has 1 aliphatic carbocycles. The first-order valence-electron chi connectivity index (χ1n) is 10.4. The summed E-state index contributed by atoms with van der Waals surface area (Å²) in [7, 11) is 0. The van der Waals surface area contributed by atoms with Crippen LogP contribution in [0.3, 0.4) is 0 Å². The molecule has 1 heterocycles. The summed E-state index contributed by atoms with van der Waals surface area (Å²) >= 11 is 0. The van der Waals surface area contributed by atoms with Gasteiger partial charge in [-0.05, 0) is 42.7 Å². The molecule has 1 unspecified atom stereocenters. The SMILES string of the molecule is NC(=O)c1ccc(Cn2cc(C(=O)NC3CCCC[C@@H]3F)c(=O)c3ccccc32)cc1. The molecule has 0 bridgehead atoms. The minimum Gasteiger partial charge on any atom is -0.366 e. The van der Waals surface area contributed by atoms with Gasteiger partial charge in [0.25, 0.3) is 5.91 Å². The molecule has 2 aromatic carbocycles. The molecule has 3 aromatic rings. The van der Waals surface area contributed by atoms with E-state index in [0.717, 1.165) is 18.4 Å². The zero-order valence-corrected chi connectivity index (χ0v) is 17.0. The number of fused-ring (bicyclic) bond motifs is 1. The molecule has 0 radical (unpaired) electrons. The Morgan fingerprint density at radius 2 is 1.77 bits per heavy atom. The Balaban J connectivity index is 1.70. The Hall–Kier alpha value is -3.48. The number of alkyl halides is 1. The molecular formula is C24H24FN3O3. The van der Waals surface area contributed by atoms with Gasteiger partial charge in [0.1, 0.15) is 11.7 Å². The highest BCUT2D eigenvalue weighted by molar-refractivity contribution is 5.97. The third-order valence-electron chi connectivity index (χ3n) is 5.82. The van der Waals surface area contributed by atoms with Gasteiger partial charge in [-0.3, -0.25) is 14.4 Å². The maximum atomic E-state index is 14.2. The van der Waals surface area contributed by atoms with Crippen LogP contribution in [0.4, 0.5) is 4.39 Å². The van der Waals surface area contributed by atoms with Crippen molar-refractivity contribution in [1.29, 1.82) is 0 Å². The van der Waals surface area contributed by atoms with Crippen LogP contribution in [-0.4, -0.2) is 28.6 Å². The van der Waals surface area contributed by atoms with E-state index in [1.807, 2.05) is 16.7 Å². The zero-order chi connectivity index (χ0) is 22.0. The number of carbonyl (C=O) groups is 2. The summed E-state index contributed by atoms with van der Waals surface area (Å²) in [5.74, 6) is -1.06. The molecule has 0 spiro atoms. The number of rotatable bonds is 5. The molecule has 1 saturated carbocycles. The van der Waals surface area contributed by atoms with Crippen LogP contribution in [0.1, 0.15) is 52.0 Å². The second kappa shape index (κ2) is 8.71. The molecule has 0 saturated heterocycles. The van der Waals surface area contributed by atoms with E-state index in [1.54, 1.807) is 36.4 Å². The number of nitrogens with one attached hydrogen (secondary N) is 1. The van der Waals surface area contributed by atoms with Gasteiger partial charge in [0.05, 0.1) is 11.6 Å². The van der Waals surface area contributed by atoms with E-state index >= 15 is 0 Å². The summed E-state index contributed by atoms with van der Waals surface area (Å²) in [6.07, 6.45) is 3.09. The standard InChI is InChI=1S/C24H24FN3O3/c25-19-6-2-3-7-20(19)27-24(31)18-14-28(21-8-4-1-5-17(21)22(18)29)13-15-9-11-16(12-10-15)23(26)30/h1,4-5,8-12,14,19-20H,2-3,6-7,13H2,(H2,26,30)(H,27,31)/t19-,20?/m0/s1. The maximum absolute atomic E-state index is 14.2. The molecule has 1 aromatic heterocycles. The van der Waals surface area contributed by atoms with E-state index in [0.29, 0.717) is 35.9 Å². The Morgan fingerprint density at radius 3 is 2.48 bits per heavy atom. The Bertz CT molecular complexity index is 1190. The van der Waals surface area contributed by atoms with E-state index in [9.17, 15) is 18.8 Å². The number of nitrogens with zero attached hydrogens (tertiary/aromatic N) is 1. The van der Waals surface area contributed by atoms with Crippen LogP contribution in [0.25, 0.3) is 10.9 Å². The van der Waals surface area contributed by atoms with Gasteiger partial charge in [0.2, 0.25) is 11.3 Å². The highest BCUT2D eigenvalue weighted by atomic mass is 19.1. The van der Waals surface area contributed by atoms with Gasteiger partial charge in [0.15, 0.2) is 0 Å². The first-order valence-corrected chi connectivity index (χ1v) is 10.4. The molecule has 6 nitrogen and oxygen atoms in total. The van der Waals surface area contributed by atoms with Crippen molar-refractivity contribution in [3.8, 4) is 0 Å². The number of primary amides is 1. The van der Waals surface area contributed by atoms with E-state index in [1.165, 1.54) is 6.20 Å². The molecule has 1 fully saturated rings. The van der Waals surface area contributed by atoms with Crippen LogP contribution in [0.5, 0.6) is 0 Å². The monoisotopic (exact) mass is 421 g/mol. The van der Waals surface area contributed by atoms with Gasteiger partial charge < -0.3 is 15.6 Å². The smallest absolute Gasteiger partial charge is 0.257 e. The van der Waals surface area contributed by atoms with Crippen LogP contribution < -0.4 is 16.5 Å². The van der Waals surface area contributed by atoms with Crippen LogP contribution in [0.15, 0.2) is 59.5 Å². The number of halogens is 1. The molecule has 1 aliphatic rings. The third-order valence-corrected chi connectivity index (χ3v) is 5.82. The second-order valence-corrected chi connectivity index (χ2v) is 7.96. The maximum Gasteiger partial charge on any atom is 0.257 e. The van der Waals surface area contributed by atoms with Gasteiger partial charge in [-0.2, -0.15) is 0 Å². The molecule has 2 amide bonds. The van der Waals surface area contributed by atoms with Crippen molar-refractivity contribution in [3.05, 3.63) is 81.6 Å². The highest BCUT2D eigenvalue weighted by Gasteiger charge is 2.27. The van der Waals surface area contributed by atoms with Crippen LogP contribution in [0, 0.1) is 0 Å². The summed E-state index contributed by atoms with van der Waals surface area (Å²) in [5.41, 5.74) is 6.88. The number of aromatic nitrogens is 1. The van der Waals surface area contributed by atoms with E-state index < -0.39 is 24.0 Å². The minimum absolute atomic E-state index is 0.00905. The molecule has 7 heteroatoms. The fourth-order valence-electron chi connectivity index (χ4n) is 4.10. The van der Waals surface area contributed by atoms with Crippen molar-refractivity contribution < 1.29 is 14.0 Å². The summed E-state index contributed by atoms with van der Waals surface area (Å²) in [4.78, 5) is 37.2. The topological polar surface area (TPSA) is 94.2 Å². The quantitative estimate of drug-likeness (QED) is 0.663. The summed E-state index contributed by atoms with van der Waals surface area (Å²) < 4.78 is 16.0. The molecule has 31 heavy (non-hydrogen) atoms. The Kier molecular flexibility index (Phi) is 5.84. The predicted octanol–water partition coefficient (Wildman–Crippen LogP) is 3.16. The number of hydrogen-bond acceptors (Lipinski definition) is 3.